The van der Waals surface area contributed by atoms with Gasteiger partial charge in [-0.1, -0.05) is 25.1 Å². The van der Waals surface area contributed by atoms with Crippen LogP contribution in [-0.2, 0) is 0 Å². The fourth-order valence-electron chi connectivity index (χ4n) is 2.23. The van der Waals surface area contributed by atoms with Crippen molar-refractivity contribution in [1.82, 2.24) is 5.32 Å². The minimum Gasteiger partial charge on any atom is -0.310 e. The minimum absolute atomic E-state index is 0.240. The molecule has 0 saturated heterocycles. The van der Waals surface area contributed by atoms with Crippen molar-refractivity contribution < 1.29 is 4.39 Å². The smallest absolute Gasteiger partial charge is 0.125 e. The van der Waals surface area contributed by atoms with Gasteiger partial charge in [-0.05, 0) is 54.4 Å². The normalized spacial score (nSPS) is 11.9. The summed E-state index contributed by atoms with van der Waals surface area (Å²) in [5, 5.41) is 12.3. The summed E-state index contributed by atoms with van der Waals surface area (Å²) >= 11 is 0. The lowest BCUT2D eigenvalue weighted by Gasteiger charge is -2.14. The van der Waals surface area contributed by atoms with Crippen LogP contribution >= 0.6 is 0 Å². The average molecular weight is 268 g/mol. The Morgan fingerprint density at radius 1 is 1.20 bits per heavy atom. The summed E-state index contributed by atoms with van der Waals surface area (Å²) in [6.45, 7) is 5.05. The second-order valence-corrected chi connectivity index (χ2v) is 4.75. The molecular weight excluding hydrogens is 251 g/mol. The average Bonchev–Trinajstić information content (AvgIpc) is 2.47. The van der Waals surface area contributed by atoms with Gasteiger partial charge in [-0.2, -0.15) is 5.26 Å². The van der Waals surface area contributed by atoms with Crippen molar-refractivity contribution in [3.05, 3.63) is 59.4 Å². The molecule has 20 heavy (non-hydrogen) atoms. The zero-order valence-corrected chi connectivity index (χ0v) is 11.7. The molecule has 2 nitrogen and oxygen atoms in total. The molecule has 2 aromatic rings. The predicted molar refractivity (Wildman–Crippen MR) is 78.6 cm³/mol. The first kappa shape index (κ1) is 14.2. The molecule has 0 aliphatic carbocycles. The summed E-state index contributed by atoms with van der Waals surface area (Å²) in [4.78, 5) is 0. The molecule has 0 heterocycles. The van der Waals surface area contributed by atoms with E-state index >= 15 is 0 Å². The molecule has 0 spiro atoms. The molecule has 0 aliphatic heterocycles. The Balaban J connectivity index is 2.41. The highest BCUT2D eigenvalue weighted by Crippen LogP contribution is 2.25. The molecule has 0 aliphatic rings. The fourth-order valence-corrected chi connectivity index (χ4v) is 2.23. The van der Waals surface area contributed by atoms with Gasteiger partial charge in [-0.25, -0.2) is 4.39 Å². The summed E-state index contributed by atoms with van der Waals surface area (Å²) < 4.78 is 13.5. The number of nitrogens with zero attached hydrogens (tertiary/aromatic N) is 1. The molecule has 1 atom stereocenters. The molecule has 2 aromatic carbocycles. The third kappa shape index (κ3) is 3.23. The molecule has 0 amide bonds. The molecule has 0 aromatic heterocycles. The maximum absolute atomic E-state index is 13.5. The van der Waals surface area contributed by atoms with E-state index in [0.717, 1.165) is 23.2 Å². The van der Waals surface area contributed by atoms with Crippen molar-refractivity contribution in [1.29, 1.82) is 5.26 Å². The standard InChI is InChI=1S/C17H17FN2/c1-3-20-12(2)14-5-4-6-15(9-14)16-7-13(11-19)8-17(18)10-16/h4-10,12,20H,3H2,1-2H3. The van der Waals surface area contributed by atoms with Crippen molar-refractivity contribution in [3.63, 3.8) is 0 Å². The number of rotatable bonds is 4. The van der Waals surface area contributed by atoms with Crippen LogP contribution in [0.2, 0.25) is 0 Å². The second-order valence-electron chi connectivity index (χ2n) is 4.75. The van der Waals surface area contributed by atoms with Crippen LogP contribution in [0, 0.1) is 17.1 Å². The van der Waals surface area contributed by atoms with Crippen LogP contribution in [0.3, 0.4) is 0 Å². The van der Waals surface area contributed by atoms with Gasteiger partial charge < -0.3 is 5.32 Å². The van der Waals surface area contributed by atoms with E-state index in [1.807, 2.05) is 30.3 Å². The van der Waals surface area contributed by atoms with Gasteiger partial charge in [0, 0.05) is 6.04 Å². The Labute approximate surface area is 118 Å². The first-order valence-corrected chi connectivity index (χ1v) is 6.68. The van der Waals surface area contributed by atoms with E-state index in [1.54, 1.807) is 6.07 Å². The lowest BCUT2D eigenvalue weighted by Crippen LogP contribution is -2.17. The first-order valence-electron chi connectivity index (χ1n) is 6.68. The van der Waals surface area contributed by atoms with Gasteiger partial charge in [0.05, 0.1) is 11.6 Å². The zero-order chi connectivity index (χ0) is 14.5. The Hall–Kier alpha value is -2.18. The van der Waals surface area contributed by atoms with Crippen molar-refractivity contribution in [3.8, 4) is 17.2 Å². The molecule has 1 unspecified atom stereocenters. The third-order valence-corrected chi connectivity index (χ3v) is 3.26. The van der Waals surface area contributed by atoms with Crippen LogP contribution in [0.4, 0.5) is 4.39 Å². The number of nitriles is 1. The van der Waals surface area contributed by atoms with Crippen molar-refractivity contribution in [2.75, 3.05) is 6.54 Å². The van der Waals surface area contributed by atoms with E-state index in [-0.39, 0.29) is 11.9 Å². The maximum atomic E-state index is 13.5. The molecule has 0 fully saturated rings. The van der Waals surface area contributed by atoms with Crippen molar-refractivity contribution in [2.24, 2.45) is 0 Å². The molecule has 1 N–H and O–H groups in total. The van der Waals surface area contributed by atoms with Gasteiger partial charge >= 0.3 is 0 Å². The van der Waals surface area contributed by atoms with Crippen LogP contribution in [0.25, 0.3) is 11.1 Å². The lowest BCUT2D eigenvalue weighted by molar-refractivity contribution is 0.598. The van der Waals surface area contributed by atoms with Crippen LogP contribution in [0.5, 0.6) is 0 Å². The quantitative estimate of drug-likeness (QED) is 0.908. The highest BCUT2D eigenvalue weighted by molar-refractivity contribution is 5.66. The Bertz CT molecular complexity index is 644. The third-order valence-electron chi connectivity index (χ3n) is 3.26. The summed E-state index contributed by atoms with van der Waals surface area (Å²) in [6.07, 6.45) is 0. The number of halogens is 1. The predicted octanol–water partition coefficient (Wildman–Crippen LogP) is 4.03. The highest BCUT2D eigenvalue weighted by atomic mass is 19.1. The molecular formula is C17H17FN2. The topological polar surface area (TPSA) is 35.8 Å². The van der Waals surface area contributed by atoms with E-state index in [2.05, 4.69) is 19.2 Å². The van der Waals surface area contributed by atoms with Crippen LogP contribution in [0.1, 0.15) is 31.0 Å². The van der Waals surface area contributed by atoms with Crippen molar-refractivity contribution >= 4 is 0 Å². The molecule has 102 valence electrons. The van der Waals surface area contributed by atoms with E-state index < -0.39 is 0 Å². The van der Waals surface area contributed by atoms with Gasteiger partial charge in [0.25, 0.3) is 0 Å². The largest absolute Gasteiger partial charge is 0.310 e. The summed E-state index contributed by atoms with van der Waals surface area (Å²) in [7, 11) is 0. The molecule has 0 bridgehead atoms. The number of hydrogen-bond acceptors (Lipinski definition) is 2. The van der Waals surface area contributed by atoms with E-state index in [4.69, 9.17) is 5.26 Å². The zero-order valence-electron chi connectivity index (χ0n) is 11.7. The van der Waals surface area contributed by atoms with Gasteiger partial charge in [-0.3, -0.25) is 0 Å². The SMILES string of the molecule is CCNC(C)c1cccc(-c2cc(F)cc(C#N)c2)c1. The summed E-state index contributed by atoms with van der Waals surface area (Å²) in [6, 6.07) is 14.6. The van der Waals surface area contributed by atoms with Crippen LogP contribution in [-0.4, -0.2) is 6.54 Å². The van der Waals surface area contributed by atoms with Gasteiger partial charge in [0.2, 0.25) is 0 Å². The maximum Gasteiger partial charge on any atom is 0.125 e. The minimum atomic E-state index is -0.385. The van der Waals surface area contributed by atoms with Crippen molar-refractivity contribution in [2.45, 2.75) is 19.9 Å². The monoisotopic (exact) mass is 268 g/mol. The van der Waals surface area contributed by atoms with Crippen LogP contribution < -0.4 is 5.32 Å². The van der Waals surface area contributed by atoms with E-state index in [1.165, 1.54) is 12.1 Å². The Kier molecular flexibility index (Phi) is 4.49. The van der Waals surface area contributed by atoms with E-state index in [9.17, 15) is 4.39 Å². The lowest BCUT2D eigenvalue weighted by atomic mass is 9.99. The highest BCUT2D eigenvalue weighted by Gasteiger charge is 2.07. The summed E-state index contributed by atoms with van der Waals surface area (Å²) in [5.41, 5.74) is 3.13. The fraction of sp³-hybridized carbons (Fsp3) is 0.235. The first-order chi connectivity index (χ1) is 9.63. The van der Waals surface area contributed by atoms with Gasteiger partial charge in [0.15, 0.2) is 0 Å². The van der Waals surface area contributed by atoms with Gasteiger partial charge in [-0.15, -0.1) is 0 Å². The molecule has 3 heteroatoms. The van der Waals surface area contributed by atoms with Crippen LogP contribution in [0.15, 0.2) is 42.5 Å². The number of hydrogen-bond donors (Lipinski definition) is 1. The van der Waals surface area contributed by atoms with E-state index in [0.29, 0.717) is 5.56 Å². The molecule has 2 rings (SSSR count). The Morgan fingerprint density at radius 3 is 2.70 bits per heavy atom. The Morgan fingerprint density at radius 2 is 2.00 bits per heavy atom. The molecule has 0 radical (unpaired) electrons. The number of nitrogens with one attached hydrogen (secondary N) is 1. The van der Waals surface area contributed by atoms with Gasteiger partial charge in [0.1, 0.15) is 5.82 Å². The second kappa shape index (κ2) is 6.31. The number of benzene rings is 2. The summed E-state index contributed by atoms with van der Waals surface area (Å²) in [5.74, 6) is -0.385. The molecule has 0 saturated carbocycles.